The topological polar surface area (TPSA) is 64.7 Å². The van der Waals surface area contributed by atoms with Crippen molar-refractivity contribution in [2.75, 3.05) is 30.9 Å². The van der Waals surface area contributed by atoms with Crippen LogP contribution in [0.5, 0.6) is 0 Å². The Bertz CT molecular complexity index is 941. The minimum atomic E-state index is -0.257. The molecule has 1 aliphatic rings. The molecule has 1 aliphatic carbocycles. The number of urea groups is 1. The van der Waals surface area contributed by atoms with Gasteiger partial charge in [0, 0.05) is 44.6 Å². The standard InChI is InChI=1S/C25H33ClN4O2/c1-4-27-25(32)30(20-10-6-5-7-11-20)17-18-16-19(14-15-23(18)29(2)3)28-24(31)21-12-8-9-13-22(21)26/h8-9,12-16,20H,4-7,10-11,17H2,1-3H3,(H,27,32)(H,28,31). The van der Waals surface area contributed by atoms with E-state index < -0.39 is 0 Å². The van der Waals surface area contributed by atoms with Crippen LogP contribution < -0.4 is 15.5 Å². The molecule has 2 aromatic rings. The molecule has 0 radical (unpaired) electrons. The van der Waals surface area contributed by atoms with E-state index in [0.717, 1.165) is 36.9 Å². The molecule has 3 amide bonds. The Kier molecular flexibility index (Phi) is 8.39. The summed E-state index contributed by atoms with van der Waals surface area (Å²) in [4.78, 5) is 29.7. The van der Waals surface area contributed by atoms with Crippen LogP contribution in [0.4, 0.5) is 16.2 Å². The lowest BCUT2D eigenvalue weighted by Gasteiger charge is -2.35. The molecule has 0 bridgehead atoms. The quantitative estimate of drug-likeness (QED) is 0.576. The molecule has 2 aromatic carbocycles. The Morgan fingerprint density at radius 2 is 1.78 bits per heavy atom. The maximum absolute atomic E-state index is 12.9. The van der Waals surface area contributed by atoms with E-state index in [1.165, 1.54) is 6.42 Å². The Labute approximate surface area is 195 Å². The highest BCUT2D eigenvalue weighted by Gasteiger charge is 2.26. The van der Waals surface area contributed by atoms with E-state index in [0.29, 0.717) is 29.4 Å². The molecule has 0 spiro atoms. The summed E-state index contributed by atoms with van der Waals surface area (Å²) in [5.74, 6) is -0.257. The average Bonchev–Trinajstić information content (AvgIpc) is 2.78. The van der Waals surface area contributed by atoms with E-state index in [1.807, 2.05) is 49.0 Å². The van der Waals surface area contributed by atoms with Crippen molar-refractivity contribution in [1.29, 1.82) is 0 Å². The predicted octanol–water partition coefficient (Wildman–Crippen LogP) is 5.52. The molecule has 172 valence electrons. The first-order chi connectivity index (χ1) is 15.4. The summed E-state index contributed by atoms with van der Waals surface area (Å²) in [5.41, 5.74) is 3.11. The van der Waals surface area contributed by atoms with Crippen LogP contribution in [0, 0.1) is 0 Å². The molecule has 1 saturated carbocycles. The van der Waals surface area contributed by atoms with Gasteiger partial charge in [0.15, 0.2) is 0 Å². The van der Waals surface area contributed by atoms with Crippen molar-refractivity contribution < 1.29 is 9.59 Å². The Morgan fingerprint density at radius 3 is 2.44 bits per heavy atom. The molecule has 2 N–H and O–H groups in total. The van der Waals surface area contributed by atoms with Gasteiger partial charge >= 0.3 is 6.03 Å². The first kappa shape index (κ1) is 23.9. The molecule has 7 heteroatoms. The fourth-order valence-corrected chi connectivity index (χ4v) is 4.49. The normalized spacial score (nSPS) is 14.0. The predicted molar refractivity (Wildman–Crippen MR) is 132 cm³/mol. The number of carbonyl (C=O) groups is 2. The average molecular weight is 457 g/mol. The summed E-state index contributed by atoms with van der Waals surface area (Å²) in [6.07, 6.45) is 5.57. The van der Waals surface area contributed by atoms with E-state index in [2.05, 4.69) is 10.6 Å². The van der Waals surface area contributed by atoms with Gasteiger partial charge < -0.3 is 20.4 Å². The van der Waals surface area contributed by atoms with Crippen molar-refractivity contribution in [1.82, 2.24) is 10.2 Å². The minimum Gasteiger partial charge on any atom is -0.377 e. The largest absolute Gasteiger partial charge is 0.377 e. The van der Waals surface area contributed by atoms with E-state index in [4.69, 9.17) is 11.6 Å². The van der Waals surface area contributed by atoms with Gasteiger partial charge in [0.2, 0.25) is 0 Å². The molecule has 6 nitrogen and oxygen atoms in total. The van der Waals surface area contributed by atoms with Gasteiger partial charge in [-0.3, -0.25) is 4.79 Å². The van der Waals surface area contributed by atoms with Gasteiger partial charge in [0.25, 0.3) is 5.91 Å². The van der Waals surface area contributed by atoms with Crippen LogP contribution in [0.3, 0.4) is 0 Å². The van der Waals surface area contributed by atoms with Crippen LogP contribution in [-0.2, 0) is 6.54 Å². The van der Waals surface area contributed by atoms with Crippen molar-refractivity contribution >= 4 is 34.9 Å². The van der Waals surface area contributed by atoms with Crippen LogP contribution in [0.2, 0.25) is 5.02 Å². The summed E-state index contributed by atoms with van der Waals surface area (Å²) in [6, 6.07) is 13.0. The highest BCUT2D eigenvalue weighted by molar-refractivity contribution is 6.34. The lowest BCUT2D eigenvalue weighted by atomic mass is 9.94. The molecule has 0 atom stereocenters. The first-order valence-corrected chi connectivity index (χ1v) is 11.7. The molecule has 32 heavy (non-hydrogen) atoms. The smallest absolute Gasteiger partial charge is 0.317 e. The third-order valence-corrected chi connectivity index (χ3v) is 6.21. The van der Waals surface area contributed by atoms with Crippen molar-refractivity contribution in [3.63, 3.8) is 0 Å². The second-order valence-corrected chi connectivity index (χ2v) is 8.83. The SMILES string of the molecule is CCNC(=O)N(Cc1cc(NC(=O)c2ccccc2Cl)ccc1N(C)C)C1CCCCC1. The monoisotopic (exact) mass is 456 g/mol. The Balaban J connectivity index is 1.88. The van der Waals surface area contributed by atoms with Crippen molar-refractivity contribution in [3.05, 3.63) is 58.6 Å². The molecule has 0 heterocycles. The zero-order valence-electron chi connectivity index (χ0n) is 19.2. The summed E-state index contributed by atoms with van der Waals surface area (Å²) in [5, 5.41) is 6.34. The zero-order valence-corrected chi connectivity index (χ0v) is 19.9. The van der Waals surface area contributed by atoms with E-state index in [-0.39, 0.29) is 18.0 Å². The fourth-order valence-electron chi connectivity index (χ4n) is 4.27. The lowest BCUT2D eigenvalue weighted by Crippen LogP contribution is -2.46. The second-order valence-electron chi connectivity index (χ2n) is 8.43. The molecule has 0 unspecified atom stereocenters. The number of halogens is 1. The number of carbonyl (C=O) groups excluding carboxylic acids is 2. The molecule has 3 rings (SSSR count). The van der Waals surface area contributed by atoms with Crippen LogP contribution in [-0.4, -0.2) is 43.5 Å². The summed E-state index contributed by atoms with van der Waals surface area (Å²) >= 11 is 6.18. The van der Waals surface area contributed by atoms with Gasteiger partial charge in [-0.05, 0) is 55.7 Å². The molecular weight excluding hydrogens is 424 g/mol. The number of hydrogen-bond donors (Lipinski definition) is 2. The maximum Gasteiger partial charge on any atom is 0.317 e. The van der Waals surface area contributed by atoms with Crippen molar-refractivity contribution in [2.24, 2.45) is 0 Å². The van der Waals surface area contributed by atoms with Gasteiger partial charge in [-0.2, -0.15) is 0 Å². The first-order valence-electron chi connectivity index (χ1n) is 11.3. The van der Waals surface area contributed by atoms with Gasteiger partial charge in [-0.15, -0.1) is 0 Å². The van der Waals surface area contributed by atoms with E-state index in [1.54, 1.807) is 24.3 Å². The molecular formula is C25H33ClN4O2. The van der Waals surface area contributed by atoms with Crippen LogP contribution >= 0.6 is 11.6 Å². The zero-order chi connectivity index (χ0) is 23.1. The number of anilines is 2. The van der Waals surface area contributed by atoms with Crippen LogP contribution in [0.1, 0.15) is 54.9 Å². The summed E-state index contributed by atoms with van der Waals surface area (Å²) in [7, 11) is 3.97. The number of rotatable bonds is 7. The Morgan fingerprint density at radius 1 is 1.06 bits per heavy atom. The summed E-state index contributed by atoms with van der Waals surface area (Å²) < 4.78 is 0. The number of nitrogens with zero attached hydrogens (tertiary/aromatic N) is 2. The number of benzene rings is 2. The van der Waals surface area contributed by atoms with Gasteiger partial charge in [0.05, 0.1) is 10.6 Å². The third kappa shape index (κ3) is 5.94. The summed E-state index contributed by atoms with van der Waals surface area (Å²) in [6.45, 7) is 3.02. The number of amides is 3. The van der Waals surface area contributed by atoms with Gasteiger partial charge in [-0.1, -0.05) is 43.0 Å². The molecule has 1 fully saturated rings. The van der Waals surface area contributed by atoms with E-state index in [9.17, 15) is 9.59 Å². The van der Waals surface area contributed by atoms with Gasteiger partial charge in [0.1, 0.15) is 0 Å². The lowest BCUT2D eigenvalue weighted by molar-refractivity contribution is 0.102. The molecule has 0 aromatic heterocycles. The van der Waals surface area contributed by atoms with Crippen molar-refractivity contribution in [3.8, 4) is 0 Å². The fraction of sp³-hybridized carbons (Fsp3) is 0.440. The third-order valence-electron chi connectivity index (χ3n) is 5.88. The maximum atomic E-state index is 12.9. The highest BCUT2D eigenvalue weighted by Crippen LogP contribution is 2.29. The minimum absolute atomic E-state index is 0.0328. The molecule has 0 saturated heterocycles. The van der Waals surface area contributed by atoms with E-state index >= 15 is 0 Å². The number of nitrogens with one attached hydrogen (secondary N) is 2. The van der Waals surface area contributed by atoms with Crippen LogP contribution in [0.15, 0.2) is 42.5 Å². The highest BCUT2D eigenvalue weighted by atomic mass is 35.5. The van der Waals surface area contributed by atoms with Gasteiger partial charge in [-0.25, -0.2) is 4.79 Å². The van der Waals surface area contributed by atoms with Crippen molar-refractivity contribution in [2.45, 2.75) is 51.6 Å². The Hall–Kier alpha value is -2.73. The van der Waals surface area contributed by atoms with Crippen LogP contribution in [0.25, 0.3) is 0 Å². The number of hydrogen-bond acceptors (Lipinski definition) is 3. The molecule has 0 aliphatic heterocycles. The second kappa shape index (κ2) is 11.2.